The van der Waals surface area contributed by atoms with Gasteiger partial charge in [0.05, 0.1) is 10.3 Å². The molecule has 144 valence electrons. The van der Waals surface area contributed by atoms with Crippen LogP contribution in [0.1, 0.15) is 28.6 Å². The van der Waals surface area contributed by atoms with Crippen molar-refractivity contribution < 1.29 is 19.1 Å². The molecule has 27 heavy (non-hydrogen) atoms. The first-order valence-electron chi connectivity index (χ1n) is 8.46. The predicted octanol–water partition coefficient (Wildman–Crippen LogP) is 3.85. The lowest BCUT2D eigenvalue weighted by atomic mass is 10.2. The molecular formula is C19H21BrN2O4S. The second-order valence-corrected chi connectivity index (χ2v) is 8.32. The molecule has 0 saturated heterocycles. The minimum Gasteiger partial charge on any atom is -0.451 e. The number of thiophene rings is 1. The smallest absolute Gasteiger partial charge is 0.348 e. The molecule has 6 nitrogen and oxygen atoms in total. The Balaban J connectivity index is 1.90. The number of carbonyl (C=O) groups is 3. The van der Waals surface area contributed by atoms with Gasteiger partial charge in [-0.15, -0.1) is 11.3 Å². The largest absolute Gasteiger partial charge is 0.451 e. The van der Waals surface area contributed by atoms with Crippen LogP contribution in [0.4, 0.5) is 5.69 Å². The second kappa shape index (κ2) is 10.2. The molecule has 2 aromatic rings. The summed E-state index contributed by atoms with van der Waals surface area (Å²) in [6.07, 6.45) is 0.690. The Morgan fingerprint density at radius 1 is 1.19 bits per heavy atom. The lowest BCUT2D eigenvalue weighted by molar-refractivity contribution is -0.137. The van der Waals surface area contributed by atoms with Crippen LogP contribution in [0.2, 0.25) is 0 Å². The monoisotopic (exact) mass is 452 g/mol. The Bertz CT molecular complexity index is 822. The van der Waals surface area contributed by atoms with E-state index >= 15 is 0 Å². The molecule has 0 radical (unpaired) electrons. The summed E-state index contributed by atoms with van der Waals surface area (Å²) in [7, 11) is 0. The zero-order chi connectivity index (χ0) is 19.8. The van der Waals surface area contributed by atoms with Gasteiger partial charge in [-0.3, -0.25) is 9.59 Å². The Morgan fingerprint density at radius 3 is 2.56 bits per heavy atom. The number of para-hydroxylation sites is 1. The molecule has 0 unspecified atom stereocenters. The number of ether oxygens (including phenoxy) is 1. The van der Waals surface area contributed by atoms with Gasteiger partial charge in [0.25, 0.3) is 5.91 Å². The highest BCUT2D eigenvalue weighted by Gasteiger charge is 2.19. The first-order valence-corrected chi connectivity index (χ1v) is 10.1. The van der Waals surface area contributed by atoms with Crippen LogP contribution in [0.3, 0.4) is 0 Å². The third-order valence-electron chi connectivity index (χ3n) is 3.70. The number of amides is 2. The van der Waals surface area contributed by atoms with Crippen molar-refractivity contribution in [2.45, 2.75) is 20.3 Å². The normalized spacial score (nSPS) is 10.3. The van der Waals surface area contributed by atoms with E-state index in [0.717, 1.165) is 9.35 Å². The number of benzene rings is 1. The van der Waals surface area contributed by atoms with Crippen molar-refractivity contribution in [1.82, 2.24) is 4.90 Å². The van der Waals surface area contributed by atoms with E-state index < -0.39 is 18.5 Å². The van der Waals surface area contributed by atoms with Crippen molar-refractivity contribution >= 4 is 50.7 Å². The van der Waals surface area contributed by atoms with Crippen LogP contribution in [-0.2, 0) is 14.3 Å². The number of nitrogens with one attached hydrogen (secondary N) is 1. The number of aryl methyl sites for hydroxylation is 1. The van der Waals surface area contributed by atoms with Gasteiger partial charge in [-0.1, -0.05) is 25.1 Å². The number of esters is 1. The number of hydrogen-bond acceptors (Lipinski definition) is 5. The molecule has 0 saturated carbocycles. The van der Waals surface area contributed by atoms with E-state index in [1.54, 1.807) is 18.2 Å². The summed E-state index contributed by atoms with van der Waals surface area (Å²) in [4.78, 5) is 38.5. The van der Waals surface area contributed by atoms with E-state index in [9.17, 15) is 14.4 Å². The zero-order valence-corrected chi connectivity index (χ0v) is 17.6. The van der Waals surface area contributed by atoms with Gasteiger partial charge >= 0.3 is 5.97 Å². The van der Waals surface area contributed by atoms with Gasteiger partial charge < -0.3 is 15.0 Å². The highest BCUT2D eigenvalue weighted by atomic mass is 79.9. The predicted molar refractivity (Wildman–Crippen MR) is 109 cm³/mol. The fourth-order valence-electron chi connectivity index (χ4n) is 2.35. The molecule has 0 atom stereocenters. The van der Waals surface area contributed by atoms with Crippen molar-refractivity contribution in [3.63, 3.8) is 0 Å². The second-order valence-electron chi connectivity index (χ2n) is 5.86. The summed E-state index contributed by atoms with van der Waals surface area (Å²) >= 11 is 4.51. The van der Waals surface area contributed by atoms with Gasteiger partial charge in [0, 0.05) is 12.2 Å². The van der Waals surface area contributed by atoms with E-state index in [4.69, 9.17) is 4.74 Å². The van der Waals surface area contributed by atoms with Crippen molar-refractivity contribution in [1.29, 1.82) is 0 Å². The van der Waals surface area contributed by atoms with Gasteiger partial charge in [-0.25, -0.2) is 4.79 Å². The Hall–Kier alpha value is -2.19. The molecule has 0 bridgehead atoms. The number of nitrogens with zero attached hydrogens (tertiary/aromatic N) is 1. The maximum absolute atomic E-state index is 12.4. The molecule has 0 aliphatic carbocycles. The van der Waals surface area contributed by atoms with E-state index in [1.165, 1.54) is 16.2 Å². The maximum atomic E-state index is 12.4. The van der Waals surface area contributed by atoms with Crippen LogP contribution >= 0.6 is 27.3 Å². The Labute approximate surface area is 170 Å². The summed E-state index contributed by atoms with van der Waals surface area (Å²) in [6.45, 7) is 3.72. The summed E-state index contributed by atoms with van der Waals surface area (Å²) in [5.74, 6) is -1.25. The van der Waals surface area contributed by atoms with Crippen molar-refractivity contribution in [3.05, 3.63) is 50.6 Å². The molecule has 1 heterocycles. The lowest BCUT2D eigenvalue weighted by Crippen LogP contribution is -2.40. The van der Waals surface area contributed by atoms with Crippen molar-refractivity contribution in [2.75, 3.05) is 25.0 Å². The number of hydrogen-bond donors (Lipinski definition) is 1. The van der Waals surface area contributed by atoms with E-state index in [0.29, 0.717) is 23.5 Å². The van der Waals surface area contributed by atoms with Crippen LogP contribution in [0.15, 0.2) is 40.2 Å². The first kappa shape index (κ1) is 21.1. The topological polar surface area (TPSA) is 75.7 Å². The summed E-state index contributed by atoms with van der Waals surface area (Å²) in [5.41, 5.74) is 1.65. The van der Waals surface area contributed by atoms with Gasteiger partial charge in [-0.2, -0.15) is 0 Å². The Morgan fingerprint density at radius 2 is 1.93 bits per heavy atom. The van der Waals surface area contributed by atoms with Gasteiger partial charge in [-0.05, 0) is 53.0 Å². The fraction of sp³-hybridized carbons (Fsp3) is 0.316. The number of carbonyl (C=O) groups excluding carboxylic acids is 3. The molecule has 2 amide bonds. The highest BCUT2D eigenvalue weighted by molar-refractivity contribution is 9.11. The standard InChI is InChI=1S/C19H21BrN2O4S/c1-3-10-22(11-17(23)21-14-7-5-4-6-13(14)2)18(24)12-26-19(25)15-8-9-16(20)27-15/h4-9H,3,10-12H2,1-2H3,(H,21,23). The third-order valence-corrected chi connectivity index (χ3v) is 5.30. The average molecular weight is 453 g/mol. The minimum absolute atomic E-state index is 0.0941. The maximum Gasteiger partial charge on any atom is 0.348 e. The third kappa shape index (κ3) is 6.48. The van der Waals surface area contributed by atoms with Crippen LogP contribution in [0, 0.1) is 6.92 Å². The van der Waals surface area contributed by atoms with Crippen LogP contribution in [0.25, 0.3) is 0 Å². The van der Waals surface area contributed by atoms with E-state index in [-0.39, 0.29) is 12.5 Å². The molecule has 0 spiro atoms. The van der Waals surface area contributed by atoms with Gasteiger partial charge in [0.15, 0.2) is 6.61 Å². The molecule has 1 aromatic heterocycles. The SMILES string of the molecule is CCCN(CC(=O)Nc1ccccc1C)C(=O)COC(=O)c1ccc(Br)s1. The first-order chi connectivity index (χ1) is 12.9. The van der Waals surface area contributed by atoms with E-state index in [2.05, 4.69) is 21.2 Å². The quantitative estimate of drug-likeness (QED) is 0.617. The van der Waals surface area contributed by atoms with E-state index in [1.807, 2.05) is 32.0 Å². The summed E-state index contributed by atoms with van der Waals surface area (Å²) in [5, 5.41) is 2.80. The molecule has 0 aliphatic rings. The number of halogens is 1. The molecule has 8 heteroatoms. The van der Waals surface area contributed by atoms with Gasteiger partial charge in [0.1, 0.15) is 4.88 Å². The lowest BCUT2D eigenvalue weighted by Gasteiger charge is -2.21. The highest BCUT2D eigenvalue weighted by Crippen LogP contribution is 2.22. The van der Waals surface area contributed by atoms with Crippen LogP contribution in [-0.4, -0.2) is 42.4 Å². The number of rotatable bonds is 8. The Kier molecular flexibility index (Phi) is 7.99. The molecule has 0 fully saturated rings. The molecule has 2 rings (SSSR count). The van der Waals surface area contributed by atoms with Crippen LogP contribution < -0.4 is 5.32 Å². The molecule has 0 aliphatic heterocycles. The summed E-state index contributed by atoms with van der Waals surface area (Å²) < 4.78 is 5.88. The summed E-state index contributed by atoms with van der Waals surface area (Å²) in [6, 6.07) is 10.8. The molecule has 1 N–H and O–H groups in total. The fourth-order valence-corrected chi connectivity index (χ4v) is 3.63. The molecule has 1 aromatic carbocycles. The zero-order valence-electron chi connectivity index (χ0n) is 15.2. The number of anilines is 1. The van der Waals surface area contributed by atoms with Crippen molar-refractivity contribution in [2.24, 2.45) is 0 Å². The minimum atomic E-state index is -0.556. The van der Waals surface area contributed by atoms with Gasteiger partial charge in [0.2, 0.25) is 5.91 Å². The van der Waals surface area contributed by atoms with Crippen molar-refractivity contribution in [3.8, 4) is 0 Å². The average Bonchev–Trinajstić information content (AvgIpc) is 3.07. The van der Waals surface area contributed by atoms with Crippen LogP contribution in [0.5, 0.6) is 0 Å². The molecular weight excluding hydrogens is 432 g/mol.